The van der Waals surface area contributed by atoms with Crippen molar-refractivity contribution in [1.82, 2.24) is 9.97 Å². The summed E-state index contributed by atoms with van der Waals surface area (Å²) in [6.07, 6.45) is -0.738. The number of halogens is 1. The average molecular weight is 615 g/mol. The number of aromatic nitrogens is 2. The van der Waals surface area contributed by atoms with Crippen molar-refractivity contribution in [2.45, 2.75) is 73.0 Å². The van der Waals surface area contributed by atoms with Crippen molar-refractivity contribution >= 4 is 63.7 Å². The van der Waals surface area contributed by atoms with Gasteiger partial charge in [-0.05, 0) is 72.7 Å². The molecule has 0 aliphatic heterocycles. The van der Waals surface area contributed by atoms with E-state index in [2.05, 4.69) is 15.3 Å². The lowest BCUT2D eigenvalue weighted by Crippen LogP contribution is -2.43. The number of pyridine rings is 1. The van der Waals surface area contributed by atoms with Gasteiger partial charge in [-0.3, -0.25) is 14.6 Å². The number of esters is 1. The van der Waals surface area contributed by atoms with Gasteiger partial charge < -0.3 is 24.5 Å². The largest absolute Gasteiger partial charge is 0.462 e. The van der Waals surface area contributed by atoms with Gasteiger partial charge in [0.05, 0.1) is 29.1 Å². The number of benzene rings is 1. The number of H-pyrrole nitrogens is 1. The molecule has 3 rings (SSSR count). The number of hydrogen-bond acceptors (Lipinski definition) is 9. The molecule has 0 radical (unpaired) electrons. The van der Waals surface area contributed by atoms with Gasteiger partial charge >= 0.3 is 18.2 Å². The summed E-state index contributed by atoms with van der Waals surface area (Å²) in [5, 5.41) is 3.09. The number of hydrogen-bond donors (Lipinski definition) is 2. The van der Waals surface area contributed by atoms with Crippen LogP contribution in [0.15, 0.2) is 30.5 Å². The van der Waals surface area contributed by atoms with Gasteiger partial charge in [-0.1, -0.05) is 18.5 Å². The Morgan fingerprint density at radius 2 is 1.56 bits per heavy atom. The highest BCUT2D eigenvalue weighted by Crippen LogP contribution is 2.35. The van der Waals surface area contributed by atoms with E-state index < -0.39 is 41.0 Å². The summed E-state index contributed by atoms with van der Waals surface area (Å²) < 4.78 is 16.0. The Morgan fingerprint density at radius 1 is 0.953 bits per heavy atom. The van der Waals surface area contributed by atoms with Crippen LogP contribution in [0.25, 0.3) is 10.9 Å². The van der Waals surface area contributed by atoms with Crippen LogP contribution in [0.4, 0.5) is 21.0 Å². The van der Waals surface area contributed by atoms with Gasteiger partial charge in [-0.15, -0.1) is 0 Å². The van der Waals surface area contributed by atoms with Gasteiger partial charge in [0, 0.05) is 23.0 Å². The normalized spacial score (nSPS) is 11.6. The molecule has 0 saturated carbocycles. The number of carbonyl (C=O) groups is 5. The lowest BCUT2D eigenvalue weighted by Gasteiger charge is -2.28. The summed E-state index contributed by atoms with van der Waals surface area (Å²) in [6, 6.07) is 5.43. The molecule has 0 aliphatic rings. The SMILES string of the molecule is CCOC(=O)c1cc(Cl)cc2[nH]c(C(=O)c3cc(N(C(=O)OC(C)(C)C)C(=O)OC(C)(C)C)ccn3)c(NC(=O)CC)c12. The monoisotopic (exact) mass is 614 g/mol. The third kappa shape index (κ3) is 8.10. The smallest absolute Gasteiger partial charge is 0.424 e. The van der Waals surface area contributed by atoms with E-state index in [1.165, 1.54) is 30.5 Å². The van der Waals surface area contributed by atoms with Crippen LogP contribution in [0.2, 0.25) is 5.02 Å². The number of nitrogens with zero attached hydrogens (tertiary/aromatic N) is 2. The summed E-state index contributed by atoms with van der Waals surface area (Å²) in [6.45, 7) is 13.2. The zero-order chi connectivity index (χ0) is 32.3. The molecule has 0 atom stereocenters. The van der Waals surface area contributed by atoms with Crippen LogP contribution in [-0.4, -0.2) is 57.6 Å². The Hall–Kier alpha value is -4.45. The molecule has 230 valence electrons. The molecule has 2 N–H and O–H groups in total. The molecule has 2 heterocycles. The number of ketones is 1. The number of nitrogens with one attached hydrogen (secondary N) is 2. The molecule has 12 nitrogen and oxygen atoms in total. The van der Waals surface area contributed by atoms with Crippen molar-refractivity contribution in [3.63, 3.8) is 0 Å². The minimum atomic E-state index is -1.03. The van der Waals surface area contributed by atoms with Gasteiger partial charge in [0.2, 0.25) is 11.7 Å². The number of rotatable bonds is 7. The molecule has 3 aromatic rings. The van der Waals surface area contributed by atoms with E-state index in [0.29, 0.717) is 4.90 Å². The number of anilines is 2. The maximum absolute atomic E-state index is 13.9. The van der Waals surface area contributed by atoms with Gasteiger partial charge in [0.25, 0.3) is 0 Å². The van der Waals surface area contributed by atoms with Crippen LogP contribution in [-0.2, 0) is 19.0 Å². The lowest BCUT2D eigenvalue weighted by atomic mass is 10.1. The zero-order valence-electron chi connectivity index (χ0n) is 25.3. The van der Waals surface area contributed by atoms with Crippen molar-refractivity contribution < 1.29 is 38.2 Å². The van der Waals surface area contributed by atoms with E-state index in [1.807, 2.05) is 0 Å². The second-order valence-electron chi connectivity index (χ2n) is 11.4. The van der Waals surface area contributed by atoms with Gasteiger partial charge in [-0.25, -0.2) is 14.4 Å². The number of aromatic amines is 1. The highest BCUT2D eigenvalue weighted by Gasteiger charge is 2.34. The summed E-state index contributed by atoms with van der Waals surface area (Å²) in [7, 11) is 0. The summed E-state index contributed by atoms with van der Waals surface area (Å²) in [4.78, 5) is 73.3. The fraction of sp³-hybridized carbons (Fsp3) is 0.400. The molecule has 0 aliphatic carbocycles. The number of carbonyl (C=O) groups excluding carboxylic acids is 5. The lowest BCUT2D eigenvalue weighted by molar-refractivity contribution is -0.115. The Bertz CT molecular complexity index is 1560. The number of ether oxygens (including phenoxy) is 3. The average Bonchev–Trinajstić information content (AvgIpc) is 3.23. The van der Waals surface area contributed by atoms with E-state index in [4.69, 9.17) is 25.8 Å². The fourth-order valence-corrected chi connectivity index (χ4v) is 4.12. The van der Waals surface area contributed by atoms with E-state index in [-0.39, 0.29) is 57.3 Å². The van der Waals surface area contributed by atoms with Crippen LogP contribution in [0.1, 0.15) is 88.4 Å². The maximum Gasteiger partial charge on any atom is 0.424 e. The third-order valence-electron chi connectivity index (χ3n) is 5.56. The molecule has 13 heteroatoms. The Balaban J connectivity index is 2.20. The summed E-state index contributed by atoms with van der Waals surface area (Å²) in [5.41, 5.74) is -1.91. The van der Waals surface area contributed by atoms with Gasteiger partial charge in [0.15, 0.2) is 0 Å². The molecule has 43 heavy (non-hydrogen) atoms. The van der Waals surface area contributed by atoms with Crippen LogP contribution in [0.5, 0.6) is 0 Å². The maximum atomic E-state index is 13.9. The molecule has 0 saturated heterocycles. The quantitative estimate of drug-likeness (QED) is 0.169. The Labute approximate surface area is 254 Å². The van der Waals surface area contributed by atoms with E-state index in [9.17, 15) is 24.0 Å². The van der Waals surface area contributed by atoms with E-state index in [1.54, 1.807) is 55.4 Å². The second-order valence-corrected chi connectivity index (χ2v) is 11.8. The molecule has 0 spiro atoms. The van der Waals surface area contributed by atoms with Crippen LogP contribution < -0.4 is 10.2 Å². The van der Waals surface area contributed by atoms with Crippen molar-refractivity contribution in [2.75, 3.05) is 16.8 Å². The summed E-state index contributed by atoms with van der Waals surface area (Å²) in [5.74, 6) is -1.85. The minimum Gasteiger partial charge on any atom is -0.462 e. The Morgan fingerprint density at radius 3 is 2.09 bits per heavy atom. The third-order valence-corrected chi connectivity index (χ3v) is 5.78. The molecule has 3 amide bonds. The van der Waals surface area contributed by atoms with Crippen LogP contribution >= 0.6 is 11.6 Å². The Kier molecular flexibility index (Phi) is 9.86. The molecule has 0 fully saturated rings. The first kappa shape index (κ1) is 33.1. The number of fused-ring (bicyclic) bond motifs is 1. The predicted molar refractivity (Wildman–Crippen MR) is 161 cm³/mol. The topological polar surface area (TPSA) is 157 Å². The van der Waals surface area contributed by atoms with Crippen molar-refractivity contribution in [1.29, 1.82) is 0 Å². The zero-order valence-corrected chi connectivity index (χ0v) is 26.1. The van der Waals surface area contributed by atoms with Crippen LogP contribution in [0, 0.1) is 0 Å². The minimum absolute atomic E-state index is 0.0231. The fourth-order valence-electron chi connectivity index (χ4n) is 3.90. The number of imide groups is 1. The number of amides is 3. The van der Waals surface area contributed by atoms with E-state index in [0.717, 1.165) is 0 Å². The van der Waals surface area contributed by atoms with Gasteiger partial charge in [0.1, 0.15) is 22.6 Å². The standard InChI is InChI=1S/C30H35ClN4O8/c1-9-21(36)34-23-22-18(26(38)41-10-2)13-16(31)14-19(22)33-24(23)25(37)20-15-17(11-12-32-20)35(27(39)42-29(3,4)5)28(40)43-30(6,7)8/h11-15,33H,9-10H2,1-8H3,(H,34,36). The highest BCUT2D eigenvalue weighted by atomic mass is 35.5. The van der Waals surface area contributed by atoms with Crippen LogP contribution in [0.3, 0.4) is 0 Å². The first-order chi connectivity index (χ1) is 20.0. The first-order valence-corrected chi connectivity index (χ1v) is 13.9. The second kappa shape index (κ2) is 12.8. The molecular formula is C30H35ClN4O8. The van der Waals surface area contributed by atoms with Crippen molar-refractivity contribution in [2.24, 2.45) is 0 Å². The molecule has 0 unspecified atom stereocenters. The molecule has 2 aromatic heterocycles. The molecular weight excluding hydrogens is 580 g/mol. The molecule has 1 aromatic carbocycles. The van der Waals surface area contributed by atoms with Crippen molar-refractivity contribution in [3.8, 4) is 0 Å². The first-order valence-electron chi connectivity index (χ1n) is 13.5. The molecule has 0 bridgehead atoms. The summed E-state index contributed by atoms with van der Waals surface area (Å²) >= 11 is 6.26. The van der Waals surface area contributed by atoms with Crippen molar-refractivity contribution in [3.05, 3.63) is 52.4 Å². The predicted octanol–water partition coefficient (Wildman–Crippen LogP) is 6.65. The highest BCUT2D eigenvalue weighted by molar-refractivity contribution is 6.33. The van der Waals surface area contributed by atoms with E-state index >= 15 is 0 Å². The van der Waals surface area contributed by atoms with Gasteiger partial charge in [-0.2, -0.15) is 4.90 Å².